The minimum atomic E-state index is -1.42. The zero-order valence-corrected chi connectivity index (χ0v) is 7.08. The third kappa shape index (κ3) is 2.38. The van der Waals surface area contributed by atoms with E-state index in [1.807, 2.05) is 0 Å². The number of carbonyl (C=O) groups is 1. The molecule has 0 aliphatic carbocycles. The second-order valence-corrected chi connectivity index (χ2v) is 2.85. The van der Waals surface area contributed by atoms with Crippen LogP contribution in [0.15, 0.2) is 0 Å². The molecule has 3 N–H and O–H groups in total. The van der Waals surface area contributed by atoms with Gasteiger partial charge in [0.05, 0.1) is 0 Å². The van der Waals surface area contributed by atoms with Crippen molar-refractivity contribution >= 4 is 5.97 Å². The Morgan fingerprint density at radius 1 is 1.38 bits per heavy atom. The summed E-state index contributed by atoms with van der Waals surface area (Å²) in [5, 5.41) is 27.2. The second kappa shape index (κ2) is 4.01. The third-order valence-corrected chi connectivity index (χ3v) is 1.79. The van der Waals surface area contributed by atoms with Crippen LogP contribution in [0.25, 0.3) is 0 Å². The third-order valence-electron chi connectivity index (χ3n) is 1.79. The summed E-state index contributed by atoms with van der Waals surface area (Å²) in [6.07, 6.45) is -4.86. The van der Waals surface area contributed by atoms with Crippen molar-refractivity contribution in [2.45, 2.75) is 31.5 Å². The number of hydrogen-bond donors (Lipinski definition) is 3. The van der Waals surface area contributed by atoms with Gasteiger partial charge < -0.3 is 24.8 Å². The molecule has 0 aromatic carbocycles. The number of aliphatic hydroxyl groups is 3. The maximum Gasteiger partial charge on any atom is 0.302 e. The first-order valence-corrected chi connectivity index (χ1v) is 3.85. The van der Waals surface area contributed by atoms with Crippen LogP contribution in [0.5, 0.6) is 0 Å². The van der Waals surface area contributed by atoms with Crippen LogP contribution < -0.4 is 0 Å². The molecule has 0 aromatic heterocycles. The molecule has 1 aliphatic heterocycles. The highest BCUT2D eigenvalue weighted by Crippen LogP contribution is 2.19. The van der Waals surface area contributed by atoms with E-state index in [4.69, 9.17) is 14.9 Å². The zero-order valence-electron chi connectivity index (χ0n) is 7.08. The minimum Gasteiger partial charge on any atom is -0.463 e. The standard InChI is InChI=1S/C7H12O6/c1-3(8)12-2-4-5(9)6(10)7(11)13-4/h4-7,9-11H,2H2,1H3/t4-,5-,6+,7?/m0/s1. The van der Waals surface area contributed by atoms with Crippen molar-refractivity contribution in [1.82, 2.24) is 0 Å². The SMILES string of the molecule is CC(=O)OC[C@@H]1OC(O)[C@H](O)[C@H]1O. The Kier molecular flexibility index (Phi) is 3.21. The van der Waals surface area contributed by atoms with Gasteiger partial charge in [-0.1, -0.05) is 0 Å². The van der Waals surface area contributed by atoms with E-state index in [-0.39, 0.29) is 6.61 Å². The van der Waals surface area contributed by atoms with Gasteiger partial charge in [-0.25, -0.2) is 0 Å². The van der Waals surface area contributed by atoms with Crippen molar-refractivity contribution in [3.8, 4) is 0 Å². The predicted octanol–water partition coefficient (Wildman–Crippen LogP) is -2.01. The van der Waals surface area contributed by atoms with Crippen LogP contribution in [0.1, 0.15) is 6.92 Å². The molecule has 76 valence electrons. The Morgan fingerprint density at radius 2 is 2.00 bits per heavy atom. The molecule has 6 nitrogen and oxygen atoms in total. The first-order chi connectivity index (χ1) is 6.02. The van der Waals surface area contributed by atoms with Gasteiger partial charge in [0.25, 0.3) is 0 Å². The molecular weight excluding hydrogens is 180 g/mol. The fraction of sp³-hybridized carbons (Fsp3) is 0.857. The molecule has 0 saturated carbocycles. The van der Waals surface area contributed by atoms with Crippen LogP contribution in [0.4, 0.5) is 0 Å². The van der Waals surface area contributed by atoms with E-state index < -0.39 is 30.6 Å². The fourth-order valence-electron chi connectivity index (χ4n) is 1.07. The molecule has 1 aliphatic rings. The number of aliphatic hydroxyl groups excluding tert-OH is 3. The van der Waals surface area contributed by atoms with Gasteiger partial charge in [0, 0.05) is 6.92 Å². The molecule has 1 rings (SSSR count). The first-order valence-electron chi connectivity index (χ1n) is 3.85. The van der Waals surface area contributed by atoms with Gasteiger partial charge in [0.2, 0.25) is 0 Å². The Balaban J connectivity index is 2.40. The monoisotopic (exact) mass is 192 g/mol. The van der Waals surface area contributed by atoms with Crippen LogP contribution in [-0.2, 0) is 14.3 Å². The summed E-state index contributed by atoms with van der Waals surface area (Å²) in [5.74, 6) is -0.508. The molecule has 1 saturated heterocycles. The Hall–Kier alpha value is -0.690. The summed E-state index contributed by atoms with van der Waals surface area (Å²) in [4.78, 5) is 10.4. The lowest BCUT2D eigenvalue weighted by Gasteiger charge is -2.13. The Labute approximate surface area is 74.7 Å². The lowest BCUT2D eigenvalue weighted by molar-refractivity contribution is -0.155. The molecule has 6 heteroatoms. The Bertz CT molecular complexity index is 193. The first kappa shape index (κ1) is 10.4. The number of esters is 1. The lowest BCUT2D eigenvalue weighted by atomic mass is 10.1. The summed E-state index contributed by atoms with van der Waals surface area (Å²) in [6.45, 7) is 1.04. The minimum absolute atomic E-state index is 0.176. The molecule has 1 heterocycles. The van der Waals surface area contributed by atoms with E-state index in [0.717, 1.165) is 0 Å². The summed E-state index contributed by atoms with van der Waals surface area (Å²) in [6, 6.07) is 0. The molecular formula is C7H12O6. The van der Waals surface area contributed by atoms with Gasteiger partial charge in [-0.3, -0.25) is 4.79 Å². The van der Waals surface area contributed by atoms with E-state index in [0.29, 0.717) is 0 Å². The summed E-state index contributed by atoms with van der Waals surface area (Å²) >= 11 is 0. The molecule has 13 heavy (non-hydrogen) atoms. The maximum absolute atomic E-state index is 10.4. The highest BCUT2D eigenvalue weighted by atomic mass is 16.7. The van der Waals surface area contributed by atoms with Crippen LogP contribution in [-0.4, -0.2) is 52.5 Å². The topological polar surface area (TPSA) is 96.2 Å². The highest BCUT2D eigenvalue weighted by molar-refractivity contribution is 5.65. The van der Waals surface area contributed by atoms with E-state index in [1.165, 1.54) is 6.92 Å². The highest BCUT2D eigenvalue weighted by Gasteiger charge is 2.42. The smallest absolute Gasteiger partial charge is 0.302 e. The second-order valence-electron chi connectivity index (χ2n) is 2.85. The van der Waals surface area contributed by atoms with E-state index >= 15 is 0 Å². The van der Waals surface area contributed by atoms with Crippen molar-refractivity contribution in [3.05, 3.63) is 0 Å². The maximum atomic E-state index is 10.4. The zero-order chi connectivity index (χ0) is 10.0. The van der Waals surface area contributed by atoms with Gasteiger partial charge in [-0.05, 0) is 0 Å². The molecule has 0 aromatic rings. The predicted molar refractivity (Wildman–Crippen MR) is 39.5 cm³/mol. The van der Waals surface area contributed by atoms with E-state index in [9.17, 15) is 9.90 Å². The summed E-state index contributed by atoms with van der Waals surface area (Å²) in [5.41, 5.74) is 0. The quantitative estimate of drug-likeness (QED) is 0.437. The number of hydrogen-bond acceptors (Lipinski definition) is 6. The van der Waals surface area contributed by atoms with Crippen LogP contribution in [0.3, 0.4) is 0 Å². The molecule has 0 spiro atoms. The van der Waals surface area contributed by atoms with Crippen LogP contribution in [0, 0.1) is 0 Å². The van der Waals surface area contributed by atoms with E-state index in [2.05, 4.69) is 4.74 Å². The van der Waals surface area contributed by atoms with Gasteiger partial charge in [0.1, 0.15) is 24.9 Å². The number of ether oxygens (including phenoxy) is 2. The number of rotatable bonds is 2. The van der Waals surface area contributed by atoms with Gasteiger partial charge in [-0.2, -0.15) is 0 Å². The normalized spacial score (nSPS) is 39.1. The van der Waals surface area contributed by atoms with Gasteiger partial charge in [0.15, 0.2) is 6.29 Å². The number of carbonyl (C=O) groups excluding carboxylic acids is 1. The van der Waals surface area contributed by atoms with Crippen molar-refractivity contribution < 1.29 is 29.6 Å². The molecule has 0 amide bonds. The summed E-state index contributed by atoms with van der Waals surface area (Å²) in [7, 11) is 0. The molecule has 1 unspecified atom stereocenters. The van der Waals surface area contributed by atoms with Gasteiger partial charge >= 0.3 is 5.97 Å². The van der Waals surface area contributed by atoms with Crippen LogP contribution in [0.2, 0.25) is 0 Å². The van der Waals surface area contributed by atoms with Crippen molar-refractivity contribution in [2.24, 2.45) is 0 Å². The van der Waals surface area contributed by atoms with Gasteiger partial charge in [-0.15, -0.1) is 0 Å². The fourth-order valence-corrected chi connectivity index (χ4v) is 1.07. The van der Waals surface area contributed by atoms with Crippen molar-refractivity contribution in [2.75, 3.05) is 6.61 Å². The average Bonchev–Trinajstić information content (AvgIpc) is 2.29. The largest absolute Gasteiger partial charge is 0.463 e. The Morgan fingerprint density at radius 3 is 2.38 bits per heavy atom. The van der Waals surface area contributed by atoms with Crippen LogP contribution >= 0.6 is 0 Å². The molecule has 4 atom stereocenters. The van der Waals surface area contributed by atoms with Crippen molar-refractivity contribution in [3.63, 3.8) is 0 Å². The molecule has 0 radical (unpaired) electrons. The average molecular weight is 192 g/mol. The van der Waals surface area contributed by atoms with E-state index in [1.54, 1.807) is 0 Å². The molecule has 0 bridgehead atoms. The van der Waals surface area contributed by atoms with Crippen molar-refractivity contribution in [1.29, 1.82) is 0 Å². The summed E-state index contributed by atoms with van der Waals surface area (Å²) < 4.78 is 9.26. The lowest BCUT2D eigenvalue weighted by Crippen LogP contribution is -2.34. The molecule has 1 fully saturated rings.